The van der Waals surface area contributed by atoms with Gasteiger partial charge in [-0.1, -0.05) is 0 Å². The number of nitrogens with one attached hydrogen (secondary N) is 1. The van der Waals surface area contributed by atoms with E-state index >= 15 is 0 Å². The van der Waals surface area contributed by atoms with E-state index in [1.807, 2.05) is 0 Å². The number of hydrogen-bond acceptors (Lipinski definition) is 7. The predicted molar refractivity (Wildman–Crippen MR) is 77.8 cm³/mol. The second-order valence-electron chi connectivity index (χ2n) is 4.99. The zero-order valence-electron chi connectivity index (χ0n) is 11.8. The van der Waals surface area contributed by atoms with Crippen LogP contribution in [-0.2, 0) is 15.8 Å². The Hall–Kier alpha value is -1.85. The molecule has 23 heavy (non-hydrogen) atoms. The van der Waals surface area contributed by atoms with E-state index in [2.05, 4.69) is 15.0 Å². The molecule has 0 unspecified atom stereocenters. The SMILES string of the molecule is N.Nc1nc2c(ncn2C[C@H]2O[C@@H](P(=O)(O)O)C[C@@H]2F)c(=O)[nH]1. The van der Waals surface area contributed by atoms with Crippen molar-refractivity contribution in [3.63, 3.8) is 0 Å². The third kappa shape index (κ3) is 3.26. The Bertz CT molecular complexity index is 818. The molecule has 11 nitrogen and oxygen atoms in total. The molecule has 0 aliphatic carbocycles. The number of rotatable bonds is 3. The highest BCUT2D eigenvalue weighted by atomic mass is 31.2. The molecule has 0 amide bonds. The maximum absolute atomic E-state index is 13.9. The van der Waals surface area contributed by atoms with Gasteiger partial charge >= 0.3 is 7.60 Å². The minimum atomic E-state index is -4.52. The maximum atomic E-state index is 13.9. The molecular formula is C10H16FN6O5P. The standard InChI is InChI=1S/C10H13FN5O5P.H3N/c11-4-1-6(22(18,19)20)21-5(4)2-16-3-13-7-8(16)14-10(12)15-9(7)17;/h3-6H,1-2H2,(H2,18,19,20)(H3,12,14,15,17);1H3/t4-,5+,6-;/m0./s1. The number of aromatic nitrogens is 4. The molecule has 128 valence electrons. The molecule has 0 spiro atoms. The van der Waals surface area contributed by atoms with Crippen LogP contribution in [0.15, 0.2) is 11.1 Å². The van der Waals surface area contributed by atoms with Crippen molar-refractivity contribution >= 4 is 24.7 Å². The number of imidazole rings is 1. The van der Waals surface area contributed by atoms with Crippen LogP contribution in [0.1, 0.15) is 6.42 Å². The highest BCUT2D eigenvalue weighted by molar-refractivity contribution is 7.52. The average molecular weight is 350 g/mol. The molecule has 0 radical (unpaired) electrons. The lowest BCUT2D eigenvalue weighted by Crippen LogP contribution is -2.24. The van der Waals surface area contributed by atoms with E-state index in [4.69, 9.17) is 20.3 Å². The van der Waals surface area contributed by atoms with Crippen LogP contribution in [0.4, 0.5) is 10.3 Å². The smallest absolute Gasteiger partial charge is 0.354 e. The van der Waals surface area contributed by atoms with Gasteiger partial charge in [0.15, 0.2) is 17.0 Å². The van der Waals surface area contributed by atoms with Crippen LogP contribution in [0.25, 0.3) is 11.2 Å². The summed E-state index contributed by atoms with van der Waals surface area (Å²) < 4.78 is 31.5. The first kappa shape index (κ1) is 17.5. The van der Waals surface area contributed by atoms with Gasteiger partial charge in [-0.15, -0.1) is 0 Å². The van der Waals surface area contributed by atoms with Crippen LogP contribution in [0.2, 0.25) is 0 Å². The zero-order valence-corrected chi connectivity index (χ0v) is 12.7. The van der Waals surface area contributed by atoms with Gasteiger partial charge in [0.25, 0.3) is 5.56 Å². The summed E-state index contributed by atoms with van der Waals surface area (Å²) in [5.74, 6) is -1.58. The highest BCUT2D eigenvalue weighted by Gasteiger charge is 2.44. The second kappa shape index (κ2) is 5.98. The molecule has 0 bridgehead atoms. The zero-order chi connectivity index (χ0) is 16.1. The fourth-order valence-electron chi connectivity index (χ4n) is 2.36. The van der Waals surface area contributed by atoms with Gasteiger partial charge in [-0.2, -0.15) is 4.98 Å². The van der Waals surface area contributed by atoms with Crippen molar-refractivity contribution < 1.29 is 23.5 Å². The van der Waals surface area contributed by atoms with Crippen molar-refractivity contribution in [2.24, 2.45) is 0 Å². The van der Waals surface area contributed by atoms with Crippen molar-refractivity contribution in [3.05, 3.63) is 16.7 Å². The third-order valence-electron chi connectivity index (χ3n) is 3.41. The monoisotopic (exact) mass is 350 g/mol. The Morgan fingerprint density at radius 2 is 2.26 bits per heavy atom. The molecule has 2 aromatic heterocycles. The summed E-state index contributed by atoms with van der Waals surface area (Å²) in [6.45, 7) is -0.0932. The van der Waals surface area contributed by atoms with Crippen LogP contribution in [-0.4, -0.2) is 47.4 Å². The number of anilines is 1. The summed E-state index contributed by atoms with van der Waals surface area (Å²) in [5, 5.41) is 0. The van der Waals surface area contributed by atoms with Crippen molar-refractivity contribution in [2.45, 2.75) is 31.1 Å². The molecule has 8 N–H and O–H groups in total. The Morgan fingerprint density at radius 3 is 2.87 bits per heavy atom. The molecule has 1 fully saturated rings. The number of aromatic amines is 1. The Morgan fingerprint density at radius 1 is 1.57 bits per heavy atom. The quantitative estimate of drug-likeness (QED) is 0.454. The second-order valence-corrected chi connectivity index (χ2v) is 6.74. The fourth-order valence-corrected chi connectivity index (χ4v) is 3.15. The van der Waals surface area contributed by atoms with E-state index in [1.54, 1.807) is 0 Å². The fraction of sp³-hybridized carbons (Fsp3) is 0.500. The van der Waals surface area contributed by atoms with Gasteiger partial charge in [-0.25, -0.2) is 9.37 Å². The van der Waals surface area contributed by atoms with Gasteiger partial charge in [-0.05, 0) is 0 Å². The van der Waals surface area contributed by atoms with Gasteiger partial charge in [0.2, 0.25) is 5.95 Å². The minimum Gasteiger partial charge on any atom is -0.369 e. The normalized spacial score (nSPS) is 24.7. The molecule has 1 saturated heterocycles. The predicted octanol–water partition coefficient (Wildman–Crippen LogP) is -0.505. The lowest BCUT2D eigenvalue weighted by molar-refractivity contribution is 0.0400. The average Bonchev–Trinajstić information content (AvgIpc) is 2.95. The number of nitrogens with zero attached hydrogens (tertiary/aromatic N) is 3. The van der Waals surface area contributed by atoms with E-state index < -0.39 is 37.7 Å². The van der Waals surface area contributed by atoms with Crippen molar-refractivity contribution in [3.8, 4) is 0 Å². The number of nitrogen functional groups attached to an aromatic ring is 1. The largest absolute Gasteiger partial charge is 0.369 e. The molecule has 1 aliphatic rings. The maximum Gasteiger partial charge on any atom is 0.354 e. The first-order chi connectivity index (χ1) is 10.3. The molecule has 3 heterocycles. The van der Waals surface area contributed by atoms with E-state index in [0.29, 0.717) is 0 Å². The summed E-state index contributed by atoms with van der Waals surface area (Å²) in [7, 11) is -4.52. The molecule has 3 atom stereocenters. The first-order valence-electron chi connectivity index (χ1n) is 6.31. The number of alkyl halides is 1. The van der Waals surface area contributed by atoms with E-state index in [1.165, 1.54) is 10.9 Å². The number of ether oxygens (including phenoxy) is 1. The minimum absolute atomic E-state index is 0. The number of halogens is 1. The van der Waals surface area contributed by atoms with Gasteiger partial charge < -0.3 is 31.0 Å². The number of fused-ring (bicyclic) bond motifs is 1. The van der Waals surface area contributed by atoms with Crippen LogP contribution in [0.3, 0.4) is 0 Å². The Balaban J connectivity index is 0.00000192. The molecule has 1 aliphatic heterocycles. The van der Waals surface area contributed by atoms with Crippen LogP contribution >= 0.6 is 7.60 Å². The van der Waals surface area contributed by atoms with Crippen molar-refractivity contribution in [2.75, 3.05) is 5.73 Å². The molecule has 0 aromatic carbocycles. The number of H-pyrrole nitrogens is 1. The molecular weight excluding hydrogens is 334 g/mol. The Kier molecular flexibility index (Phi) is 4.55. The van der Waals surface area contributed by atoms with E-state index in [9.17, 15) is 13.8 Å². The van der Waals surface area contributed by atoms with E-state index in [-0.39, 0.29) is 29.8 Å². The summed E-state index contributed by atoms with van der Waals surface area (Å²) >= 11 is 0. The molecule has 3 rings (SSSR count). The van der Waals surface area contributed by atoms with Gasteiger partial charge in [0.05, 0.1) is 12.9 Å². The lowest BCUT2D eigenvalue weighted by Gasteiger charge is -2.15. The molecule has 2 aromatic rings. The van der Waals surface area contributed by atoms with Gasteiger partial charge in [-0.3, -0.25) is 14.3 Å². The molecule has 0 saturated carbocycles. The summed E-state index contributed by atoms with van der Waals surface area (Å²) in [6.07, 6.45) is -1.74. The van der Waals surface area contributed by atoms with Crippen LogP contribution < -0.4 is 17.4 Å². The number of nitrogens with two attached hydrogens (primary N) is 1. The summed E-state index contributed by atoms with van der Waals surface area (Å²) in [6, 6.07) is 0. The lowest BCUT2D eigenvalue weighted by atomic mass is 10.2. The Labute approximate surface area is 128 Å². The van der Waals surface area contributed by atoms with Gasteiger partial charge in [0, 0.05) is 6.42 Å². The van der Waals surface area contributed by atoms with Crippen molar-refractivity contribution in [1.29, 1.82) is 0 Å². The topological polar surface area (TPSA) is 191 Å². The summed E-state index contributed by atoms with van der Waals surface area (Å²) in [5.41, 5.74) is 5.11. The number of hydrogen-bond donors (Lipinski definition) is 5. The van der Waals surface area contributed by atoms with Gasteiger partial charge in [0.1, 0.15) is 12.3 Å². The first-order valence-corrected chi connectivity index (χ1v) is 7.99. The highest BCUT2D eigenvalue weighted by Crippen LogP contribution is 2.48. The van der Waals surface area contributed by atoms with Crippen LogP contribution in [0.5, 0.6) is 0 Å². The third-order valence-corrected chi connectivity index (χ3v) is 4.49. The van der Waals surface area contributed by atoms with Crippen molar-refractivity contribution in [1.82, 2.24) is 25.7 Å². The molecule has 13 heteroatoms. The van der Waals surface area contributed by atoms with Crippen LogP contribution in [0, 0.1) is 0 Å². The van der Waals surface area contributed by atoms with E-state index in [0.717, 1.165) is 0 Å². The summed E-state index contributed by atoms with van der Waals surface area (Å²) in [4.78, 5) is 39.8.